The van der Waals surface area contributed by atoms with Crippen LogP contribution < -0.4 is 5.32 Å². The summed E-state index contributed by atoms with van der Waals surface area (Å²) >= 11 is 0. The molecular formula is C17H24N2O4S. The largest absolute Gasteiger partial charge is 0.342 e. The molecule has 2 rings (SSSR count). The summed E-state index contributed by atoms with van der Waals surface area (Å²) in [6, 6.07) is 5.50. The molecule has 132 valence electrons. The monoisotopic (exact) mass is 352 g/mol. The van der Waals surface area contributed by atoms with E-state index in [0.717, 1.165) is 11.1 Å². The Morgan fingerprint density at radius 3 is 2.46 bits per heavy atom. The summed E-state index contributed by atoms with van der Waals surface area (Å²) in [4.78, 5) is 25.9. The quantitative estimate of drug-likeness (QED) is 0.836. The normalized spacial score (nSPS) is 17.3. The van der Waals surface area contributed by atoms with Gasteiger partial charge in [0.2, 0.25) is 11.8 Å². The van der Waals surface area contributed by atoms with E-state index >= 15 is 0 Å². The van der Waals surface area contributed by atoms with Crippen molar-refractivity contribution in [1.82, 2.24) is 4.90 Å². The first kappa shape index (κ1) is 18.4. The molecule has 1 aliphatic heterocycles. The molecular weight excluding hydrogens is 328 g/mol. The zero-order valence-corrected chi connectivity index (χ0v) is 15.1. The minimum atomic E-state index is -2.96. The van der Waals surface area contributed by atoms with Gasteiger partial charge in [0.15, 0.2) is 0 Å². The average molecular weight is 352 g/mol. The van der Waals surface area contributed by atoms with Gasteiger partial charge < -0.3 is 10.2 Å². The van der Waals surface area contributed by atoms with Crippen LogP contribution in [0.2, 0.25) is 0 Å². The van der Waals surface area contributed by atoms with Gasteiger partial charge >= 0.3 is 0 Å². The van der Waals surface area contributed by atoms with Crippen molar-refractivity contribution in [3.8, 4) is 0 Å². The van der Waals surface area contributed by atoms with Crippen molar-refractivity contribution in [3.63, 3.8) is 0 Å². The van der Waals surface area contributed by atoms with E-state index in [2.05, 4.69) is 5.32 Å². The van der Waals surface area contributed by atoms with Gasteiger partial charge in [0.05, 0.1) is 11.5 Å². The average Bonchev–Trinajstić information content (AvgIpc) is 2.51. The van der Waals surface area contributed by atoms with Crippen LogP contribution in [0.5, 0.6) is 0 Å². The highest BCUT2D eigenvalue weighted by atomic mass is 32.2. The van der Waals surface area contributed by atoms with Crippen LogP contribution in [-0.4, -0.2) is 49.7 Å². The molecule has 0 spiro atoms. The number of amides is 2. The van der Waals surface area contributed by atoms with Crippen LogP contribution in [0.3, 0.4) is 0 Å². The number of aryl methyl sites for hydroxylation is 1. The van der Waals surface area contributed by atoms with E-state index in [0.29, 0.717) is 18.5 Å². The third-order valence-electron chi connectivity index (χ3n) is 4.66. The number of nitrogens with zero attached hydrogens (tertiary/aromatic N) is 1. The van der Waals surface area contributed by atoms with E-state index in [1.807, 2.05) is 26.0 Å². The maximum Gasteiger partial charge on any atom is 0.233 e. The fourth-order valence-corrected chi connectivity index (χ4v) is 4.28. The summed E-state index contributed by atoms with van der Waals surface area (Å²) in [5.41, 5.74) is 2.75. The smallest absolute Gasteiger partial charge is 0.233 e. The highest BCUT2D eigenvalue weighted by Gasteiger charge is 2.29. The lowest BCUT2D eigenvalue weighted by Crippen LogP contribution is -2.43. The van der Waals surface area contributed by atoms with Gasteiger partial charge in [-0.2, -0.15) is 0 Å². The molecule has 1 N–H and O–H groups in total. The number of carbonyl (C=O) groups is 2. The lowest BCUT2D eigenvalue weighted by Gasteiger charge is -2.31. The van der Waals surface area contributed by atoms with Crippen LogP contribution in [0.4, 0.5) is 5.69 Å². The van der Waals surface area contributed by atoms with Gasteiger partial charge in [0, 0.05) is 18.8 Å². The van der Waals surface area contributed by atoms with Crippen molar-refractivity contribution in [2.24, 2.45) is 0 Å². The number of anilines is 1. The van der Waals surface area contributed by atoms with E-state index in [9.17, 15) is 18.0 Å². The summed E-state index contributed by atoms with van der Waals surface area (Å²) in [5.74, 6) is -0.445. The molecule has 1 fully saturated rings. The van der Waals surface area contributed by atoms with Gasteiger partial charge in [0.25, 0.3) is 0 Å². The summed E-state index contributed by atoms with van der Waals surface area (Å²) in [6.07, 6.45) is 0.624. The van der Waals surface area contributed by atoms with Gasteiger partial charge in [-0.25, -0.2) is 8.42 Å². The Hall–Kier alpha value is -1.89. The molecule has 0 atom stereocenters. The van der Waals surface area contributed by atoms with Crippen LogP contribution in [0.15, 0.2) is 18.2 Å². The van der Waals surface area contributed by atoms with Crippen LogP contribution >= 0.6 is 0 Å². The second-order valence-corrected chi connectivity index (χ2v) is 8.66. The Morgan fingerprint density at radius 1 is 1.21 bits per heavy atom. The number of rotatable bonds is 4. The molecule has 1 saturated heterocycles. The molecule has 0 aliphatic carbocycles. The van der Waals surface area contributed by atoms with Crippen molar-refractivity contribution in [1.29, 1.82) is 0 Å². The minimum absolute atomic E-state index is 0.101. The van der Waals surface area contributed by atoms with Crippen molar-refractivity contribution in [3.05, 3.63) is 29.3 Å². The van der Waals surface area contributed by atoms with Crippen LogP contribution in [-0.2, 0) is 19.4 Å². The van der Waals surface area contributed by atoms with Gasteiger partial charge in [-0.05, 0) is 43.9 Å². The molecule has 1 aliphatic rings. The highest BCUT2D eigenvalue weighted by Crippen LogP contribution is 2.20. The van der Waals surface area contributed by atoms with Gasteiger partial charge in [0.1, 0.15) is 16.3 Å². The Balaban J connectivity index is 1.91. The number of hydrogen-bond acceptors (Lipinski definition) is 4. The predicted molar refractivity (Wildman–Crippen MR) is 93.6 cm³/mol. The van der Waals surface area contributed by atoms with E-state index < -0.39 is 9.84 Å². The molecule has 0 radical (unpaired) electrons. The van der Waals surface area contributed by atoms with Crippen LogP contribution in [0.25, 0.3) is 0 Å². The van der Waals surface area contributed by atoms with E-state index in [-0.39, 0.29) is 35.8 Å². The molecule has 24 heavy (non-hydrogen) atoms. The van der Waals surface area contributed by atoms with Crippen molar-refractivity contribution < 1.29 is 18.0 Å². The van der Waals surface area contributed by atoms with Crippen molar-refractivity contribution in [2.45, 2.75) is 39.2 Å². The van der Waals surface area contributed by atoms with Crippen LogP contribution in [0.1, 0.15) is 30.4 Å². The molecule has 0 unspecified atom stereocenters. The SMILES string of the molecule is Cc1cccc(NC(=O)CC(=O)N(C)C2CCS(=O)(=O)CC2)c1C. The lowest BCUT2D eigenvalue weighted by molar-refractivity contribution is -0.135. The summed E-state index contributed by atoms with van der Waals surface area (Å²) in [5, 5.41) is 2.77. The molecule has 1 aromatic rings. The summed E-state index contributed by atoms with van der Waals surface area (Å²) in [7, 11) is -1.33. The van der Waals surface area contributed by atoms with E-state index in [4.69, 9.17) is 0 Å². The number of carbonyl (C=O) groups excluding carboxylic acids is 2. The molecule has 0 saturated carbocycles. The van der Waals surface area contributed by atoms with Gasteiger partial charge in [-0.15, -0.1) is 0 Å². The molecule has 6 nitrogen and oxygen atoms in total. The maximum atomic E-state index is 12.3. The molecule has 1 aromatic carbocycles. The number of nitrogens with one attached hydrogen (secondary N) is 1. The zero-order chi connectivity index (χ0) is 17.9. The van der Waals surface area contributed by atoms with Crippen molar-refractivity contribution >= 4 is 27.3 Å². The lowest BCUT2D eigenvalue weighted by atomic mass is 10.1. The highest BCUT2D eigenvalue weighted by molar-refractivity contribution is 7.91. The third-order valence-corrected chi connectivity index (χ3v) is 6.37. The number of hydrogen-bond donors (Lipinski definition) is 1. The molecule has 7 heteroatoms. The standard InChI is InChI=1S/C17H24N2O4S/c1-12-5-4-6-15(13(12)2)18-16(20)11-17(21)19(3)14-7-9-24(22,23)10-8-14/h4-6,14H,7-11H2,1-3H3,(H,18,20). The molecule has 0 aromatic heterocycles. The second kappa shape index (κ2) is 7.34. The Morgan fingerprint density at radius 2 is 1.83 bits per heavy atom. The molecule has 0 bridgehead atoms. The first-order valence-corrected chi connectivity index (χ1v) is 9.84. The number of sulfone groups is 1. The van der Waals surface area contributed by atoms with Gasteiger partial charge in [-0.1, -0.05) is 12.1 Å². The van der Waals surface area contributed by atoms with E-state index in [1.165, 1.54) is 4.90 Å². The van der Waals surface area contributed by atoms with Gasteiger partial charge in [-0.3, -0.25) is 9.59 Å². The maximum absolute atomic E-state index is 12.3. The Labute approximate surface area is 143 Å². The summed E-state index contributed by atoms with van der Waals surface area (Å²) < 4.78 is 22.9. The van der Waals surface area contributed by atoms with E-state index in [1.54, 1.807) is 13.1 Å². The number of benzene rings is 1. The van der Waals surface area contributed by atoms with Crippen molar-refractivity contribution in [2.75, 3.05) is 23.9 Å². The second-order valence-electron chi connectivity index (χ2n) is 6.36. The molecule has 1 heterocycles. The zero-order valence-electron chi connectivity index (χ0n) is 14.3. The first-order valence-electron chi connectivity index (χ1n) is 8.02. The van der Waals surface area contributed by atoms with Crippen LogP contribution in [0, 0.1) is 13.8 Å². The Bertz CT molecular complexity index is 729. The molecule has 2 amide bonds. The summed E-state index contributed by atoms with van der Waals surface area (Å²) in [6.45, 7) is 3.88. The third kappa shape index (κ3) is 4.56. The fraction of sp³-hybridized carbons (Fsp3) is 0.529. The Kier molecular flexibility index (Phi) is 5.64. The fourth-order valence-electron chi connectivity index (χ4n) is 2.81. The first-order chi connectivity index (χ1) is 11.2. The topological polar surface area (TPSA) is 83.6 Å². The predicted octanol–water partition coefficient (Wildman–Crippen LogP) is 1.67. The minimum Gasteiger partial charge on any atom is -0.342 e.